The highest BCUT2D eigenvalue weighted by atomic mass is 16.3. The number of pyridine rings is 1. The molecule has 0 aromatic carbocycles. The van der Waals surface area contributed by atoms with Crippen LogP contribution in [0.3, 0.4) is 0 Å². The smallest absolute Gasteiger partial charge is 0.291 e. The van der Waals surface area contributed by atoms with Crippen molar-refractivity contribution in [1.82, 2.24) is 14.8 Å². The van der Waals surface area contributed by atoms with E-state index in [2.05, 4.69) is 4.98 Å². The number of nitrogens with zero attached hydrogens (tertiary/aromatic N) is 3. The van der Waals surface area contributed by atoms with Crippen molar-refractivity contribution in [3.8, 4) is 0 Å². The molecule has 0 bridgehead atoms. The monoisotopic (exact) mass is 355 g/mol. The Hall–Kier alpha value is -2.80. The van der Waals surface area contributed by atoms with E-state index in [1.807, 2.05) is 19.0 Å². The number of hydrogen-bond acceptors (Lipinski definition) is 6. The molecule has 1 fully saturated rings. The summed E-state index contributed by atoms with van der Waals surface area (Å²) in [6, 6.07) is 5.95. The first-order valence-corrected chi connectivity index (χ1v) is 8.48. The van der Waals surface area contributed by atoms with Crippen LogP contribution in [0.2, 0.25) is 0 Å². The van der Waals surface area contributed by atoms with Crippen molar-refractivity contribution < 1.29 is 18.8 Å². The molecule has 1 saturated heterocycles. The molecule has 0 aliphatic carbocycles. The minimum absolute atomic E-state index is 0.0835. The second kappa shape index (κ2) is 7.61. The average molecular weight is 355 g/mol. The first-order chi connectivity index (χ1) is 12.5. The second-order valence-corrected chi connectivity index (χ2v) is 6.57. The van der Waals surface area contributed by atoms with Gasteiger partial charge in [0.25, 0.3) is 5.91 Å². The van der Waals surface area contributed by atoms with Gasteiger partial charge in [-0.1, -0.05) is 6.07 Å². The molecule has 1 aliphatic heterocycles. The van der Waals surface area contributed by atoms with Crippen molar-refractivity contribution >= 4 is 17.5 Å². The van der Waals surface area contributed by atoms with E-state index >= 15 is 0 Å². The Bertz CT molecular complexity index is 786. The van der Waals surface area contributed by atoms with E-state index in [0.717, 1.165) is 6.54 Å². The lowest BCUT2D eigenvalue weighted by Gasteiger charge is -2.27. The number of aromatic nitrogens is 1. The van der Waals surface area contributed by atoms with Crippen LogP contribution in [-0.4, -0.2) is 59.4 Å². The largest absolute Gasteiger partial charge is 0.461 e. The van der Waals surface area contributed by atoms with Crippen LogP contribution in [-0.2, 0) is 9.59 Å². The van der Waals surface area contributed by atoms with Gasteiger partial charge in [0, 0.05) is 18.9 Å². The van der Waals surface area contributed by atoms with Crippen LogP contribution in [0.1, 0.15) is 28.6 Å². The van der Waals surface area contributed by atoms with Gasteiger partial charge in [0.2, 0.25) is 11.6 Å². The summed E-state index contributed by atoms with van der Waals surface area (Å²) in [7, 11) is 3.89. The summed E-state index contributed by atoms with van der Waals surface area (Å²) < 4.78 is 5.17. The summed E-state index contributed by atoms with van der Waals surface area (Å²) >= 11 is 0. The summed E-state index contributed by atoms with van der Waals surface area (Å²) in [5.74, 6) is -2.82. The zero-order valence-electron chi connectivity index (χ0n) is 14.8. The van der Waals surface area contributed by atoms with E-state index < -0.39 is 29.4 Å². The van der Waals surface area contributed by atoms with Gasteiger partial charge in [-0.25, -0.2) is 0 Å². The summed E-state index contributed by atoms with van der Waals surface area (Å²) in [5.41, 5.74) is 0.668. The normalized spacial score (nSPS) is 20.2. The number of carbonyl (C=O) groups is 3. The highest BCUT2D eigenvalue weighted by Gasteiger charge is 2.52. The van der Waals surface area contributed by atoms with Crippen LogP contribution in [0.15, 0.2) is 47.3 Å². The predicted octanol–water partition coefficient (Wildman–Crippen LogP) is 1.58. The van der Waals surface area contributed by atoms with Crippen LogP contribution >= 0.6 is 0 Å². The number of amides is 1. The van der Waals surface area contributed by atoms with E-state index in [4.69, 9.17) is 4.42 Å². The fourth-order valence-electron chi connectivity index (χ4n) is 3.28. The van der Waals surface area contributed by atoms with E-state index in [1.165, 1.54) is 17.2 Å². The first kappa shape index (κ1) is 18.0. The SMILES string of the molecule is CN(C)CCCN1C(=O)C(=O)C(C(=O)c2ccco2)C1c1cccnc1. The lowest BCUT2D eigenvalue weighted by atomic mass is 9.89. The van der Waals surface area contributed by atoms with Crippen LogP contribution in [0.25, 0.3) is 0 Å². The number of likely N-dealkylation sites (tertiary alicyclic amines) is 1. The fraction of sp³-hybridized carbons (Fsp3) is 0.368. The molecule has 2 aromatic heterocycles. The molecular formula is C19H21N3O4. The van der Waals surface area contributed by atoms with E-state index in [9.17, 15) is 14.4 Å². The molecule has 1 amide bonds. The van der Waals surface area contributed by atoms with Gasteiger partial charge in [0.05, 0.1) is 12.3 Å². The first-order valence-electron chi connectivity index (χ1n) is 8.48. The van der Waals surface area contributed by atoms with Gasteiger partial charge in [-0.15, -0.1) is 0 Å². The van der Waals surface area contributed by atoms with Gasteiger partial charge in [-0.2, -0.15) is 0 Å². The van der Waals surface area contributed by atoms with Gasteiger partial charge in [-0.05, 0) is 50.8 Å². The van der Waals surface area contributed by atoms with Gasteiger partial charge in [-0.3, -0.25) is 19.4 Å². The molecular weight excluding hydrogens is 334 g/mol. The van der Waals surface area contributed by atoms with Crippen LogP contribution in [0.5, 0.6) is 0 Å². The Balaban J connectivity index is 1.95. The minimum atomic E-state index is -1.11. The zero-order chi connectivity index (χ0) is 18.7. The van der Waals surface area contributed by atoms with Crippen LogP contribution in [0, 0.1) is 5.92 Å². The predicted molar refractivity (Wildman–Crippen MR) is 93.4 cm³/mol. The van der Waals surface area contributed by atoms with Crippen molar-refractivity contribution in [2.24, 2.45) is 5.92 Å². The average Bonchev–Trinajstić information content (AvgIpc) is 3.24. The third-order valence-corrected chi connectivity index (χ3v) is 4.48. The molecule has 3 heterocycles. The number of furan rings is 1. The van der Waals surface area contributed by atoms with Gasteiger partial charge in [0.1, 0.15) is 5.92 Å². The molecule has 26 heavy (non-hydrogen) atoms. The second-order valence-electron chi connectivity index (χ2n) is 6.57. The minimum Gasteiger partial charge on any atom is -0.461 e. The molecule has 2 unspecified atom stereocenters. The standard InChI is InChI=1S/C19H21N3O4/c1-21(2)9-5-10-22-16(13-6-3-8-20-12-13)15(18(24)19(22)25)17(23)14-7-4-11-26-14/h3-4,6-8,11-12,15-16H,5,9-10H2,1-2H3. The fourth-order valence-corrected chi connectivity index (χ4v) is 3.28. The summed E-state index contributed by atoms with van der Waals surface area (Å²) in [4.78, 5) is 45.7. The summed E-state index contributed by atoms with van der Waals surface area (Å²) in [6.07, 6.45) is 5.28. The molecule has 0 radical (unpaired) electrons. The highest BCUT2D eigenvalue weighted by molar-refractivity contribution is 6.43. The quantitative estimate of drug-likeness (QED) is 0.426. The number of ketones is 2. The van der Waals surface area contributed by atoms with Crippen LogP contribution < -0.4 is 0 Å². The molecule has 0 saturated carbocycles. The zero-order valence-corrected chi connectivity index (χ0v) is 14.8. The number of Topliss-reactive ketones (excluding diaryl/α,β-unsaturated/α-hetero) is 2. The van der Waals surface area contributed by atoms with E-state index in [1.54, 1.807) is 30.6 Å². The van der Waals surface area contributed by atoms with Crippen molar-refractivity contribution in [3.63, 3.8) is 0 Å². The van der Waals surface area contributed by atoms with Crippen molar-refractivity contribution in [2.45, 2.75) is 12.5 Å². The number of carbonyl (C=O) groups excluding carboxylic acids is 3. The van der Waals surface area contributed by atoms with Gasteiger partial charge < -0.3 is 14.2 Å². The Morgan fingerprint density at radius 2 is 2.08 bits per heavy atom. The molecule has 2 atom stereocenters. The topological polar surface area (TPSA) is 83.7 Å². The van der Waals surface area contributed by atoms with Crippen molar-refractivity contribution in [1.29, 1.82) is 0 Å². The molecule has 0 N–H and O–H groups in total. The van der Waals surface area contributed by atoms with Crippen LogP contribution in [0.4, 0.5) is 0 Å². The lowest BCUT2D eigenvalue weighted by molar-refractivity contribution is -0.140. The van der Waals surface area contributed by atoms with E-state index in [-0.39, 0.29) is 5.76 Å². The Labute approximate surface area is 151 Å². The summed E-state index contributed by atoms with van der Waals surface area (Å²) in [5, 5.41) is 0. The maximum absolute atomic E-state index is 12.9. The third kappa shape index (κ3) is 3.43. The Morgan fingerprint density at radius 3 is 2.69 bits per heavy atom. The number of hydrogen-bond donors (Lipinski definition) is 0. The number of rotatable bonds is 7. The van der Waals surface area contributed by atoms with E-state index in [0.29, 0.717) is 18.5 Å². The van der Waals surface area contributed by atoms with Crippen molar-refractivity contribution in [2.75, 3.05) is 27.2 Å². The maximum atomic E-state index is 12.9. The highest BCUT2D eigenvalue weighted by Crippen LogP contribution is 2.37. The van der Waals surface area contributed by atoms with Gasteiger partial charge >= 0.3 is 0 Å². The third-order valence-electron chi connectivity index (χ3n) is 4.48. The molecule has 7 heteroatoms. The maximum Gasteiger partial charge on any atom is 0.291 e. The lowest BCUT2D eigenvalue weighted by Crippen LogP contribution is -2.33. The molecule has 2 aromatic rings. The molecule has 1 aliphatic rings. The molecule has 7 nitrogen and oxygen atoms in total. The van der Waals surface area contributed by atoms with Gasteiger partial charge in [0.15, 0.2) is 5.76 Å². The molecule has 3 rings (SSSR count). The molecule has 0 spiro atoms. The Kier molecular flexibility index (Phi) is 5.27. The molecule has 136 valence electrons. The van der Waals surface area contributed by atoms with Crippen molar-refractivity contribution in [3.05, 3.63) is 54.2 Å². The Morgan fingerprint density at radius 1 is 1.27 bits per heavy atom. The summed E-state index contributed by atoms with van der Waals surface area (Å²) in [6.45, 7) is 1.17.